The van der Waals surface area contributed by atoms with E-state index in [9.17, 15) is 14.0 Å². The quantitative estimate of drug-likeness (QED) is 0.674. The number of hydrogen-bond donors (Lipinski definition) is 2. The van der Waals surface area contributed by atoms with E-state index in [0.29, 0.717) is 5.69 Å². The van der Waals surface area contributed by atoms with E-state index in [1.807, 2.05) is 31.1 Å². The highest BCUT2D eigenvalue weighted by molar-refractivity contribution is 6.03. The Labute approximate surface area is 168 Å². The van der Waals surface area contributed by atoms with Crippen molar-refractivity contribution in [2.45, 2.75) is 6.54 Å². The third-order valence-electron chi connectivity index (χ3n) is 4.22. The molecule has 1 aromatic heterocycles. The summed E-state index contributed by atoms with van der Waals surface area (Å²) in [5.74, 6) is -1.16. The molecule has 3 aromatic rings. The molecule has 3 rings (SSSR count). The summed E-state index contributed by atoms with van der Waals surface area (Å²) in [6.45, 7) is 0.232. The van der Waals surface area contributed by atoms with E-state index in [4.69, 9.17) is 0 Å². The van der Waals surface area contributed by atoms with Crippen LogP contribution in [-0.2, 0) is 6.54 Å². The minimum Gasteiger partial charge on any atom is -0.378 e. The molecule has 1 heterocycles. The summed E-state index contributed by atoms with van der Waals surface area (Å²) < 4.78 is 12.9. The van der Waals surface area contributed by atoms with Crippen LogP contribution in [0.5, 0.6) is 0 Å². The fourth-order valence-electron chi connectivity index (χ4n) is 2.60. The molecule has 0 bridgehead atoms. The molecule has 0 spiro atoms. The van der Waals surface area contributed by atoms with Crippen molar-refractivity contribution in [3.63, 3.8) is 0 Å². The predicted octanol–water partition coefficient (Wildman–Crippen LogP) is 3.47. The Balaban J connectivity index is 1.63. The van der Waals surface area contributed by atoms with Gasteiger partial charge in [0.25, 0.3) is 11.8 Å². The normalized spacial score (nSPS) is 10.3. The minimum atomic E-state index is -0.417. The molecule has 0 saturated carbocycles. The molecule has 0 aliphatic carbocycles. The first kappa shape index (κ1) is 20.0. The summed E-state index contributed by atoms with van der Waals surface area (Å²) >= 11 is 0. The van der Waals surface area contributed by atoms with Gasteiger partial charge in [0.2, 0.25) is 0 Å². The first-order valence-corrected chi connectivity index (χ1v) is 9.01. The Kier molecular flexibility index (Phi) is 6.19. The zero-order valence-electron chi connectivity index (χ0n) is 16.1. The smallest absolute Gasteiger partial charge is 0.274 e. The fourth-order valence-corrected chi connectivity index (χ4v) is 2.60. The van der Waals surface area contributed by atoms with Gasteiger partial charge in [0, 0.05) is 32.0 Å². The molecule has 6 nitrogen and oxygen atoms in total. The van der Waals surface area contributed by atoms with Crippen LogP contribution in [0.3, 0.4) is 0 Å². The number of nitrogens with one attached hydrogen (secondary N) is 2. The molecule has 2 aromatic carbocycles. The van der Waals surface area contributed by atoms with Gasteiger partial charge in [-0.3, -0.25) is 9.59 Å². The molecule has 148 valence electrons. The molecule has 2 amide bonds. The topological polar surface area (TPSA) is 74.3 Å². The summed E-state index contributed by atoms with van der Waals surface area (Å²) in [6.07, 6.45) is 0. The third kappa shape index (κ3) is 5.38. The predicted molar refractivity (Wildman–Crippen MR) is 111 cm³/mol. The van der Waals surface area contributed by atoms with Crippen LogP contribution >= 0.6 is 0 Å². The zero-order valence-corrected chi connectivity index (χ0v) is 16.1. The van der Waals surface area contributed by atoms with Gasteiger partial charge in [-0.05, 0) is 54.1 Å². The number of benzene rings is 2. The number of rotatable bonds is 6. The van der Waals surface area contributed by atoms with Crippen molar-refractivity contribution in [1.82, 2.24) is 10.3 Å². The van der Waals surface area contributed by atoms with E-state index in [2.05, 4.69) is 15.6 Å². The van der Waals surface area contributed by atoms with Crippen LogP contribution < -0.4 is 15.5 Å². The summed E-state index contributed by atoms with van der Waals surface area (Å²) in [7, 11) is 3.87. The van der Waals surface area contributed by atoms with Crippen molar-refractivity contribution in [2.75, 3.05) is 24.3 Å². The van der Waals surface area contributed by atoms with E-state index in [0.717, 1.165) is 11.3 Å². The molecule has 0 unspecified atom stereocenters. The van der Waals surface area contributed by atoms with Crippen LogP contribution in [0.2, 0.25) is 0 Å². The van der Waals surface area contributed by atoms with Gasteiger partial charge in [-0.25, -0.2) is 9.37 Å². The summed E-state index contributed by atoms with van der Waals surface area (Å²) in [6, 6.07) is 17.9. The van der Waals surface area contributed by atoms with E-state index in [1.165, 1.54) is 18.2 Å². The molecule has 0 aliphatic rings. The maximum atomic E-state index is 12.9. The summed E-state index contributed by atoms with van der Waals surface area (Å²) in [5.41, 5.74) is 2.67. The molecule has 29 heavy (non-hydrogen) atoms. The highest BCUT2D eigenvalue weighted by Crippen LogP contribution is 2.16. The van der Waals surface area contributed by atoms with Crippen molar-refractivity contribution < 1.29 is 14.0 Å². The van der Waals surface area contributed by atoms with Crippen LogP contribution in [0, 0.1) is 5.82 Å². The second kappa shape index (κ2) is 8.97. The number of anilines is 2. The Morgan fingerprint density at radius 1 is 0.897 bits per heavy atom. The molecule has 7 heteroatoms. The number of carbonyl (C=O) groups is 2. The lowest BCUT2D eigenvalue weighted by molar-refractivity contribution is 0.0945. The maximum Gasteiger partial charge on any atom is 0.274 e. The van der Waals surface area contributed by atoms with Gasteiger partial charge in [0.05, 0.1) is 0 Å². The number of amides is 2. The average Bonchev–Trinajstić information content (AvgIpc) is 2.73. The number of nitrogens with zero attached hydrogens (tertiary/aromatic N) is 2. The molecule has 0 radical (unpaired) electrons. The van der Waals surface area contributed by atoms with Gasteiger partial charge in [-0.1, -0.05) is 18.2 Å². The molecule has 0 aliphatic heterocycles. The molecule has 0 saturated heterocycles. The Bertz CT molecular complexity index is 1000. The number of pyridine rings is 1. The van der Waals surface area contributed by atoms with Gasteiger partial charge in [0.1, 0.15) is 17.2 Å². The van der Waals surface area contributed by atoms with Crippen molar-refractivity contribution in [1.29, 1.82) is 0 Å². The molecule has 0 fully saturated rings. The van der Waals surface area contributed by atoms with Gasteiger partial charge in [-0.2, -0.15) is 0 Å². The van der Waals surface area contributed by atoms with E-state index >= 15 is 0 Å². The molecular formula is C22H21FN4O2. The van der Waals surface area contributed by atoms with Gasteiger partial charge in [0.15, 0.2) is 0 Å². The molecular weight excluding hydrogens is 371 g/mol. The van der Waals surface area contributed by atoms with Gasteiger partial charge < -0.3 is 15.5 Å². The van der Waals surface area contributed by atoms with Crippen molar-refractivity contribution in [3.05, 3.63) is 89.5 Å². The highest BCUT2D eigenvalue weighted by atomic mass is 19.1. The van der Waals surface area contributed by atoms with Gasteiger partial charge >= 0.3 is 0 Å². The second-order valence-corrected chi connectivity index (χ2v) is 6.61. The van der Waals surface area contributed by atoms with Crippen LogP contribution in [0.25, 0.3) is 0 Å². The third-order valence-corrected chi connectivity index (χ3v) is 4.22. The van der Waals surface area contributed by atoms with Crippen LogP contribution in [-0.4, -0.2) is 30.9 Å². The van der Waals surface area contributed by atoms with E-state index < -0.39 is 11.8 Å². The fraction of sp³-hybridized carbons (Fsp3) is 0.136. The number of carbonyl (C=O) groups excluding carboxylic acids is 2. The first-order chi connectivity index (χ1) is 13.9. The van der Waals surface area contributed by atoms with Crippen LogP contribution in [0.15, 0.2) is 66.7 Å². The number of halogens is 1. The largest absolute Gasteiger partial charge is 0.378 e. The van der Waals surface area contributed by atoms with Crippen molar-refractivity contribution in [2.24, 2.45) is 0 Å². The SMILES string of the molecule is CN(C)c1ccc(NC(=O)c2cccc(C(=O)NCc3ccc(F)cc3)n2)cc1. The van der Waals surface area contributed by atoms with Gasteiger partial charge in [-0.15, -0.1) is 0 Å². The summed E-state index contributed by atoms with van der Waals surface area (Å²) in [5, 5.41) is 5.47. The lowest BCUT2D eigenvalue weighted by Crippen LogP contribution is -2.25. The highest BCUT2D eigenvalue weighted by Gasteiger charge is 2.13. The Hall–Kier alpha value is -3.74. The Morgan fingerprint density at radius 2 is 1.52 bits per heavy atom. The van der Waals surface area contributed by atoms with Crippen molar-refractivity contribution >= 4 is 23.2 Å². The van der Waals surface area contributed by atoms with Crippen molar-refractivity contribution in [3.8, 4) is 0 Å². The standard InChI is InChI=1S/C22H21FN4O2/c1-27(2)18-12-10-17(11-13-18)25-22(29)20-5-3-4-19(26-20)21(28)24-14-15-6-8-16(23)9-7-15/h3-13H,14H2,1-2H3,(H,24,28)(H,25,29). The lowest BCUT2D eigenvalue weighted by atomic mass is 10.2. The Morgan fingerprint density at radius 3 is 2.14 bits per heavy atom. The average molecular weight is 392 g/mol. The number of aromatic nitrogens is 1. The summed E-state index contributed by atoms with van der Waals surface area (Å²) in [4.78, 5) is 30.9. The number of hydrogen-bond acceptors (Lipinski definition) is 4. The van der Waals surface area contributed by atoms with E-state index in [1.54, 1.807) is 36.4 Å². The van der Waals surface area contributed by atoms with E-state index in [-0.39, 0.29) is 23.7 Å². The molecule has 0 atom stereocenters. The zero-order chi connectivity index (χ0) is 20.8. The second-order valence-electron chi connectivity index (χ2n) is 6.61. The van der Waals surface area contributed by atoms with Crippen LogP contribution in [0.4, 0.5) is 15.8 Å². The lowest BCUT2D eigenvalue weighted by Gasteiger charge is -2.13. The monoisotopic (exact) mass is 392 g/mol. The maximum absolute atomic E-state index is 12.9. The minimum absolute atomic E-state index is 0.128. The first-order valence-electron chi connectivity index (χ1n) is 9.01. The van der Waals surface area contributed by atoms with Crippen LogP contribution in [0.1, 0.15) is 26.5 Å². The molecule has 2 N–H and O–H groups in total.